The molecule has 13 heteroatoms. The number of rotatable bonds is 13. The number of methoxy groups -OCH3 is 2. The number of nitrogen functional groups attached to an aromatic ring is 1. The SMILES string of the molecule is COc1cc2c(cc1OCCCCCOc1cc3c(cc1OC)C(=O)N1C=C(c4ccc(N)cc4)CC1C=[NH+]3)N=CC1CC(c3ccc(N4CCN(C)CC4)cc3)=CN1C2=O. The number of piperazine rings is 1. The molecule has 3 N–H and O–H groups in total. The number of unbranched alkanes of at least 4 members (excludes halogenated alkanes) is 2. The van der Waals surface area contributed by atoms with Gasteiger partial charge < -0.3 is 44.3 Å². The Morgan fingerprint density at radius 2 is 1.26 bits per heavy atom. The molecule has 0 bridgehead atoms. The molecule has 314 valence electrons. The number of anilines is 2. The van der Waals surface area contributed by atoms with E-state index < -0.39 is 0 Å². The summed E-state index contributed by atoms with van der Waals surface area (Å²) in [5.74, 6) is 1.89. The number of hydrogen-bond acceptors (Lipinski definition) is 10. The summed E-state index contributed by atoms with van der Waals surface area (Å²) >= 11 is 0. The highest BCUT2D eigenvalue weighted by molar-refractivity contribution is 6.06. The Morgan fingerprint density at radius 3 is 1.92 bits per heavy atom. The number of nitrogens with zero attached hydrogens (tertiary/aromatic N) is 5. The van der Waals surface area contributed by atoms with Gasteiger partial charge in [-0.25, -0.2) is 4.99 Å². The number of likely N-dealkylation sites (N-methyl/N-ethyl adjacent to an activating group) is 1. The minimum atomic E-state index is -0.169. The van der Waals surface area contributed by atoms with Crippen LogP contribution in [0.5, 0.6) is 23.0 Å². The maximum atomic E-state index is 13.9. The third kappa shape index (κ3) is 8.17. The summed E-state index contributed by atoms with van der Waals surface area (Å²) in [6.07, 6.45) is 11.5. The number of aliphatic imine (C=N–C) groups is 1. The number of hydrogen-bond donors (Lipinski definition) is 2. The lowest BCUT2D eigenvalue weighted by Gasteiger charge is -2.34. The molecule has 4 aromatic rings. The first-order valence-corrected chi connectivity index (χ1v) is 21.1. The minimum absolute atomic E-state index is 0.105. The van der Waals surface area contributed by atoms with Crippen LogP contribution in [0.1, 0.15) is 63.9 Å². The molecule has 1 saturated heterocycles. The second kappa shape index (κ2) is 17.2. The zero-order valence-corrected chi connectivity index (χ0v) is 34.9. The number of nitrogens with two attached hydrogens (primary N) is 1. The number of carbonyl (C=O) groups is 2. The molecule has 4 aromatic carbocycles. The highest BCUT2D eigenvalue weighted by Gasteiger charge is 2.37. The van der Waals surface area contributed by atoms with Crippen LogP contribution in [0.15, 0.2) is 90.2 Å². The molecular formula is C48H52N7O6+. The smallest absolute Gasteiger partial charge is 0.265 e. The van der Waals surface area contributed by atoms with Crippen LogP contribution in [0.2, 0.25) is 0 Å². The first kappa shape index (κ1) is 39.8. The molecule has 0 aliphatic carbocycles. The zero-order valence-electron chi connectivity index (χ0n) is 34.9. The number of fused-ring (bicyclic) bond motifs is 4. The van der Waals surface area contributed by atoms with Gasteiger partial charge in [-0.3, -0.25) is 14.6 Å². The number of ether oxygens (including phenoxy) is 4. The van der Waals surface area contributed by atoms with Crippen molar-refractivity contribution in [3.8, 4) is 23.0 Å². The number of carbonyl (C=O) groups excluding carboxylic acids is 2. The van der Waals surface area contributed by atoms with Gasteiger partial charge in [0, 0.05) is 81.1 Å². The van der Waals surface area contributed by atoms with E-state index in [-0.39, 0.29) is 23.9 Å². The van der Waals surface area contributed by atoms with Crippen LogP contribution in [-0.2, 0) is 0 Å². The van der Waals surface area contributed by atoms with Gasteiger partial charge in [0.1, 0.15) is 11.6 Å². The number of benzene rings is 4. The molecule has 0 saturated carbocycles. The molecule has 2 atom stereocenters. The maximum Gasteiger partial charge on any atom is 0.265 e. The summed E-state index contributed by atoms with van der Waals surface area (Å²) in [5.41, 5.74) is 14.4. The lowest BCUT2D eigenvalue weighted by Crippen LogP contribution is -2.63. The van der Waals surface area contributed by atoms with E-state index in [0.29, 0.717) is 77.2 Å². The Labute approximate surface area is 356 Å². The second-order valence-electron chi connectivity index (χ2n) is 16.2. The second-order valence-corrected chi connectivity index (χ2v) is 16.2. The van der Waals surface area contributed by atoms with E-state index in [1.807, 2.05) is 55.2 Å². The molecule has 1 fully saturated rings. The highest BCUT2D eigenvalue weighted by atomic mass is 16.5. The monoisotopic (exact) mass is 822 g/mol. The molecule has 2 unspecified atom stereocenters. The van der Waals surface area contributed by atoms with Crippen molar-refractivity contribution in [2.24, 2.45) is 4.99 Å². The van der Waals surface area contributed by atoms with Gasteiger partial charge in [-0.1, -0.05) is 24.3 Å². The van der Waals surface area contributed by atoms with E-state index in [1.54, 1.807) is 42.2 Å². The van der Waals surface area contributed by atoms with E-state index in [4.69, 9.17) is 29.7 Å². The molecule has 5 heterocycles. The van der Waals surface area contributed by atoms with Crippen LogP contribution in [0.25, 0.3) is 11.1 Å². The number of amides is 2. The lowest BCUT2D eigenvalue weighted by atomic mass is 10.0. The Morgan fingerprint density at radius 1 is 0.689 bits per heavy atom. The van der Waals surface area contributed by atoms with Crippen molar-refractivity contribution in [3.63, 3.8) is 0 Å². The van der Waals surface area contributed by atoms with Gasteiger partial charge >= 0.3 is 0 Å². The topological polar surface area (TPSA) is 136 Å². The molecule has 13 nitrogen and oxygen atoms in total. The Bertz CT molecular complexity index is 2440. The molecule has 0 radical (unpaired) electrons. The summed E-state index contributed by atoms with van der Waals surface area (Å²) in [6.45, 7) is 5.09. The van der Waals surface area contributed by atoms with E-state index in [2.05, 4.69) is 46.1 Å². The Kier molecular flexibility index (Phi) is 11.2. The van der Waals surface area contributed by atoms with Crippen molar-refractivity contribution in [1.82, 2.24) is 14.7 Å². The van der Waals surface area contributed by atoms with Crippen LogP contribution in [0, 0.1) is 0 Å². The van der Waals surface area contributed by atoms with Crippen molar-refractivity contribution in [3.05, 3.63) is 107 Å². The molecule has 5 aliphatic heterocycles. The third-order valence-corrected chi connectivity index (χ3v) is 12.2. The zero-order chi connectivity index (χ0) is 42.0. The molecule has 0 spiro atoms. The molecule has 5 aliphatic rings. The summed E-state index contributed by atoms with van der Waals surface area (Å²) in [6, 6.07) is 23.2. The van der Waals surface area contributed by atoms with E-state index >= 15 is 0 Å². The molecule has 0 aromatic heterocycles. The van der Waals surface area contributed by atoms with Crippen molar-refractivity contribution in [2.45, 2.75) is 44.2 Å². The largest absolute Gasteiger partial charge is 0.493 e. The van der Waals surface area contributed by atoms with Gasteiger partial charge in [0.2, 0.25) is 5.69 Å². The number of nitrogens with one attached hydrogen (secondary N) is 1. The predicted molar refractivity (Wildman–Crippen MR) is 238 cm³/mol. The lowest BCUT2D eigenvalue weighted by molar-refractivity contribution is -0.349. The van der Waals surface area contributed by atoms with Crippen LogP contribution in [0.3, 0.4) is 0 Å². The summed E-state index contributed by atoms with van der Waals surface area (Å²) in [5, 5.41) is 0. The summed E-state index contributed by atoms with van der Waals surface area (Å²) in [7, 11) is 5.32. The van der Waals surface area contributed by atoms with E-state index in [0.717, 1.165) is 67.7 Å². The summed E-state index contributed by atoms with van der Waals surface area (Å²) < 4.78 is 23.7. The molecule has 61 heavy (non-hydrogen) atoms. The van der Waals surface area contributed by atoms with Gasteiger partial charge in [0.25, 0.3) is 11.8 Å². The normalized spacial score (nSPS) is 19.4. The first-order valence-electron chi connectivity index (χ1n) is 21.1. The molecule has 2 amide bonds. The van der Waals surface area contributed by atoms with Crippen LogP contribution in [0.4, 0.5) is 22.7 Å². The minimum Gasteiger partial charge on any atom is -0.493 e. The van der Waals surface area contributed by atoms with E-state index in [1.165, 1.54) is 5.69 Å². The summed E-state index contributed by atoms with van der Waals surface area (Å²) in [4.78, 5) is 44.1. The van der Waals surface area contributed by atoms with Gasteiger partial charge in [-0.15, -0.1) is 0 Å². The molecular weight excluding hydrogens is 771 g/mol. The van der Waals surface area contributed by atoms with Gasteiger partial charge in [0.05, 0.1) is 50.8 Å². The Hall–Kier alpha value is -6.60. The third-order valence-electron chi connectivity index (χ3n) is 12.2. The van der Waals surface area contributed by atoms with Crippen molar-refractivity contribution >= 4 is 58.1 Å². The average molecular weight is 823 g/mol. The van der Waals surface area contributed by atoms with Crippen molar-refractivity contribution < 1.29 is 33.5 Å². The van der Waals surface area contributed by atoms with Gasteiger partial charge in [0.15, 0.2) is 29.2 Å². The predicted octanol–water partition coefficient (Wildman–Crippen LogP) is 5.69. The highest BCUT2D eigenvalue weighted by Crippen LogP contribution is 2.41. The van der Waals surface area contributed by atoms with Crippen LogP contribution in [-0.4, -0.2) is 112 Å². The molecule has 9 rings (SSSR count). The fraction of sp³-hybridized carbons (Fsp3) is 0.333. The fourth-order valence-electron chi connectivity index (χ4n) is 8.60. The van der Waals surface area contributed by atoms with Crippen LogP contribution >= 0.6 is 0 Å². The van der Waals surface area contributed by atoms with Gasteiger partial charge in [-0.2, -0.15) is 0 Å². The van der Waals surface area contributed by atoms with Gasteiger partial charge in [-0.05, 0) is 78.9 Å². The quantitative estimate of drug-likeness (QED) is 0.129. The Balaban J connectivity index is 0.774. The van der Waals surface area contributed by atoms with Crippen molar-refractivity contribution in [1.29, 1.82) is 0 Å². The van der Waals surface area contributed by atoms with Crippen molar-refractivity contribution in [2.75, 3.05) is 71.3 Å². The maximum absolute atomic E-state index is 13.9. The first-order chi connectivity index (χ1) is 29.8. The standard InChI is InChI=1S/C48H51N7O6/c1-52-15-17-53(18-16-52)36-13-9-32(10-14-36)34-22-38-28-51-42-26-46(44(59-3)24-40(42)48(57)55(38)30-34)61-20-6-4-5-19-60-45-25-41-39(23-43(45)58-2)47(56)54-29-33(21-37(54)27-50-41)31-7-11-35(49)12-8-31/h7-14,23-30,37-38H,4-6,15-22,49H2,1-3H3/p+1. The fourth-order valence-corrected chi connectivity index (χ4v) is 8.60. The van der Waals surface area contributed by atoms with Crippen LogP contribution < -0.4 is 34.6 Å². The average Bonchev–Trinajstić information content (AvgIpc) is 3.86. The van der Waals surface area contributed by atoms with E-state index in [9.17, 15) is 9.59 Å².